The van der Waals surface area contributed by atoms with E-state index >= 15 is 0 Å². The third-order valence-corrected chi connectivity index (χ3v) is 6.48. The van der Waals surface area contributed by atoms with Crippen molar-refractivity contribution in [3.63, 3.8) is 0 Å². The predicted molar refractivity (Wildman–Crippen MR) is 98.5 cm³/mol. The van der Waals surface area contributed by atoms with E-state index in [0.717, 1.165) is 22.0 Å². The molecule has 0 fully saturated rings. The minimum absolute atomic E-state index is 0.222. The van der Waals surface area contributed by atoms with Crippen molar-refractivity contribution in [3.8, 4) is 0 Å². The average molecular weight is 499 g/mol. The minimum atomic E-state index is -0.250. The molecule has 0 saturated heterocycles. The van der Waals surface area contributed by atoms with E-state index in [-0.39, 0.29) is 11.2 Å². The highest BCUT2D eigenvalue weighted by molar-refractivity contribution is 9.10. The van der Waals surface area contributed by atoms with Gasteiger partial charge in [0.15, 0.2) is 0 Å². The van der Waals surface area contributed by atoms with E-state index < -0.39 is 0 Å². The molecule has 0 spiro atoms. The van der Waals surface area contributed by atoms with Crippen LogP contribution in [0.3, 0.4) is 0 Å². The second-order valence-electron chi connectivity index (χ2n) is 4.97. The van der Waals surface area contributed by atoms with E-state index in [1.165, 1.54) is 6.07 Å². The van der Waals surface area contributed by atoms with Crippen molar-refractivity contribution in [2.24, 2.45) is 0 Å². The molecule has 112 valence electrons. The Balaban J connectivity index is 2.43. The summed E-state index contributed by atoms with van der Waals surface area (Å²) < 4.78 is 14.5. The van der Waals surface area contributed by atoms with Crippen LogP contribution >= 0.6 is 59.4 Å². The third-order valence-electron chi connectivity index (χ3n) is 3.49. The normalized spacial score (nSPS) is 11.7. The Labute approximate surface area is 154 Å². The molecule has 2 aromatic carbocycles. The van der Waals surface area contributed by atoms with Crippen LogP contribution < -0.4 is 0 Å². The molecule has 0 aliphatic rings. The first-order valence-electron chi connectivity index (χ1n) is 6.33. The van der Waals surface area contributed by atoms with Gasteiger partial charge in [-0.25, -0.2) is 4.39 Å². The fourth-order valence-corrected chi connectivity index (χ4v) is 4.95. The molecule has 21 heavy (non-hydrogen) atoms. The molecule has 5 heteroatoms. The van der Waals surface area contributed by atoms with Crippen molar-refractivity contribution in [1.82, 2.24) is 0 Å². The summed E-state index contributed by atoms with van der Waals surface area (Å²) in [6.45, 7) is 0. The van der Waals surface area contributed by atoms with Gasteiger partial charge in [0.1, 0.15) is 5.82 Å². The summed E-state index contributed by atoms with van der Waals surface area (Å²) in [7, 11) is 0. The van der Waals surface area contributed by atoms with Gasteiger partial charge in [-0.3, -0.25) is 0 Å². The Hall–Kier alpha value is 0.1000. The predicted octanol–water partition coefficient (Wildman–Crippen LogP) is 6.51. The standard InChI is InChI=1S/C16H13Br3ClF/c17-9-16(10-18,12-2-1-3-14(21)6-12)8-11-4-5-13(19)7-15(11)20/h1-7H,8-10H2. The van der Waals surface area contributed by atoms with Crippen LogP contribution in [0, 0.1) is 5.82 Å². The van der Waals surface area contributed by atoms with Gasteiger partial charge < -0.3 is 0 Å². The maximum atomic E-state index is 13.6. The van der Waals surface area contributed by atoms with Crippen LogP contribution in [0.1, 0.15) is 11.1 Å². The van der Waals surface area contributed by atoms with Crippen LogP contribution in [0.4, 0.5) is 4.39 Å². The molecular weight excluding hydrogens is 486 g/mol. The lowest BCUT2D eigenvalue weighted by Gasteiger charge is -2.31. The number of hydrogen-bond donors (Lipinski definition) is 0. The highest BCUT2D eigenvalue weighted by atomic mass is 79.9. The molecule has 0 aliphatic carbocycles. The summed E-state index contributed by atoms with van der Waals surface area (Å²) in [6.07, 6.45) is 0.721. The molecule has 0 aliphatic heterocycles. The smallest absolute Gasteiger partial charge is 0.123 e. The van der Waals surface area contributed by atoms with Crippen molar-refractivity contribution in [2.45, 2.75) is 11.8 Å². The number of benzene rings is 2. The van der Waals surface area contributed by atoms with Crippen molar-refractivity contribution in [1.29, 1.82) is 0 Å². The van der Waals surface area contributed by atoms with Crippen LogP contribution in [0.15, 0.2) is 46.9 Å². The Morgan fingerprint density at radius 1 is 1.05 bits per heavy atom. The quantitative estimate of drug-likeness (QED) is 0.412. The minimum Gasteiger partial charge on any atom is -0.207 e. The van der Waals surface area contributed by atoms with Crippen molar-refractivity contribution in [2.75, 3.05) is 10.7 Å². The number of hydrogen-bond acceptors (Lipinski definition) is 0. The van der Waals surface area contributed by atoms with E-state index in [0.29, 0.717) is 15.7 Å². The molecule has 0 heterocycles. The van der Waals surface area contributed by atoms with Gasteiger partial charge in [0.25, 0.3) is 0 Å². The second-order valence-corrected chi connectivity index (χ2v) is 7.41. The SMILES string of the molecule is Fc1cccc(C(CBr)(CBr)Cc2ccc(Br)cc2Cl)c1. The van der Waals surface area contributed by atoms with Gasteiger partial charge in [-0.05, 0) is 41.8 Å². The van der Waals surface area contributed by atoms with Gasteiger partial charge >= 0.3 is 0 Å². The zero-order valence-corrected chi connectivity index (χ0v) is 16.6. The summed E-state index contributed by atoms with van der Waals surface area (Å²) in [6, 6.07) is 12.6. The summed E-state index contributed by atoms with van der Waals surface area (Å²) in [5.41, 5.74) is 1.75. The van der Waals surface area contributed by atoms with Gasteiger partial charge in [-0.15, -0.1) is 0 Å². The highest BCUT2D eigenvalue weighted by Gasteiger charge is 2.31. The van der Waals surface area contributed by atoms with Crippen molar-refractivity contribution >= 4 is 59.4 Å². The monoisotopic (exact) mass is 496 g/mol. The first kappa shape index (κ1) is 17.5. The molecule has 2 rings (SSSR count). The molecule has 0 N–H and O–H groups in total. The number of rotatable bonds is 5. The maximum absolute atomic E-state index is 13.6. The summed E-state index contributed by atoms with van der Waals surface area (Å²) >= 11 is 16.9. The van der Waals surface area contributed by atoms with Gasteiger partial charge in [0.2, 0.25) is 0 Å². The molecule has 0 radical (unpaired) electrons. The van der Waals surface area contributed by atoms with Crippen LogP contribution in [-0.4, -0.2) is 10.7 Å². The Bertz CT molecular complexity index is 627. The largest absolute Gasteiger partial charge is 0.207 e. The molecule has 0 nitrogen and oxygen atoms in total. The number of halogens is 5. The molecule has 0 bridgehead atoms. The van der Waals surface area contributed by atoms with Crippen LogP contribution in [0.5, 0.6) is 0 Å². The van der Waals surface area contributed by atoms with Gasteiger partial charge in [0.05, 0.1) is 0 Å². The van der Waals surface area contributed by atoms with Gasteiger partial charge in [-0.1, -0.05) is 77.6 Å². The lowest BCUT2D eigenvalue weighted by atomic mass is 9.79. The first-order chi connectivity index (χ1) is 10.0. The topological polar surface area (TPSA) is 0 Å². The van der Waals surface area contributed by atoms with Crippen LogP contribution in [0.2, 0.25) is 5.02 Å². The second kappa shape index (κ2) is 7.58. The Morgan fingerprint density at radius 3 is 2.33 bits per heavy atom. The number of alkyl halides is 2. The van der Waals surface area contributed by atoms with E-state index in [1.54, 1.807) is 12.1 Å². The summed E-state index contributed by atoms with van der Waals surface area (Å²) in [5.74, 6) is -0.222. The van der Waals surface area contributed by atoms with Crippen molar-refractivity contribution in [3.05, 3.63) is 68.9 Å². The van der Waals surface area contributed by atoms with Gasteiger partial charge in [-0.2, -0.15) is 0 Å². The average Bonchev–Trinajstić information content (AvgIpc) is 2.47. The molecule has 0 atom stereocenters. The molecular formula is C16H13Br3ClF. The Morgan fingerprint density at radius 2 is 1.76 bits per heavy atom. The molecule has 0 aromatic heterocycles. The van der Waals surface area contributed by atoms with Crippen LogP contribution in [-0.2, 0) is 11.8 Å². The fourth-order valence-electron chi connectivity index (χ4n) is 2.23. The summed E-state index contributed by atoms with van der Waals surface area (Å²) in [4.78, 5) is 0. The van der Waals surface area contributed by atoms with E-state index in [4.69, 9.17) is 11.6 Å². The van der Waals surface area contributed by atoms with Gasteiger partial charge in [0, 0.05) is 25.6 Å². The van der Waals surface area contributed by atoms with E-state index in [1.807, 2.05) is 24.3 Å². The Kier molecular flexibility index (Phi) is 6.30. The maximum Gasteiger partial charge on any atom is 0.123 e. The fraction of sp³-hybridized carbons (Fsp3) is 0.250. The third kappa shape index (κ3) is 4.10. The van der Waals surface area contributed by atoms with Crippen LogP contribution in [0.25, 0.3) is 0 Å². The highest BCUT2D eigenvalue weighted by Crippen LogP contribution is 2.35. The van der Waals surface area contributed by atoms with Crippen molar-refractivity contribution < 1.29 is 4.39 Å². The van der Waals surface area contributed by atoms with E-state index in [2.05, 4.69) is 47.8 Å². The molecule has 2 aromatic rings. The molecule has 0 amide bonds. The summed E-state index contributed by atoms with van der Waals surface area (Å²) in [5, 5.41) is 2.13. The lowest BCUT2D eigenvalue weighted by Crippen LogP contribution is -2.33. The lowest BCUT2D eigenvalue weighted by molar-refractivity contribution is 0.541. The van der Waals surface area contributed by atoms with E-state index in [9.17, 15) is 4.39 Å². The zero-order valence-electron chi connectivity index (χ0n) is 11.1. The first-order valence-corrected chi connectivity index (χ1v) is 9.74. The molecule has 0 unspecified atom stereocenters. The zero-order chi connectivity index (χ0) is 15.5. The molecule has 0 saturated carbocycles.